The SMILES string of the molecule is Cc1cc(Br)oc1C(=O)N1C[C@H](N)CC[C@@H]1C(F)(F)F. The van der Waals surface area contributed by atoms with Crippen LogP contribution >= 0.6 is 15.9 Å². The molecule has 2 atom stereocenters. The van der Waals surface area contributed by atoms with Crippen molar-refractivity contribution in [3.05, 3.63) is 22.1 Å². The number of rotatable bonds is 1. The van der Waals surface area contributed by atoms with Crippen molar-refractivity contribution >= 4 is 21.8 Å². The van der Waals surface area contributed by atoms with Crippen molar-refractivity contribution in [3.8, 4) is 0 Å². The molecule has 0 unspecified atom stereocenters. The third kappa shape index (κ3) is 3.01. The maximum absolute atomic E-state index is 13.0. The minimum atomic E-state index is -4.46. The van der Waals surface area contributed by atoms with E-state index in [9.17, 15) is 18.0 Å². The molecule has 1 aromatic heterocycles. The number of halogens is 4. The number of piperidine rings is 1. The molecule has 1 saturated heterocycles. The van der Waals surface area contributed by atoms with Crippen molar-refractivity contribution in [2.45, 2.75) is 38.0 Å². The lowest BCUT2D eigenvalue weighted by Crippen LogP contribution is -2.56. The number of furan rings is 1. The summed E-state index contributed by atoms with van der Waals surface area (Å²) in [5.41, 5.74) is 6.18. The van der Waals surface area contributed by atoms with Gasteiger partial charge in [-0.1, -0.05) is 0 Å². The highest BCUT2D eigenvalue weighted by Crippen LogP contribution is 2.33. The Labute approximate surface area is 122 Å². The molecule has 4 nitrogen and oxygen atoms in total. The monoisotopic (exact) mass is 354 g/mol. The van der Waals surface area contributed by atoms with E-state index >= 15 is 0 Å². The Hall–Kier alpha value is -1.02. The second-order valence-electron chi connectivity index (χ2n) is 4.92. The molecular weight excluding hydrogens is 341 g/mol. The van der Waals surface area contributed by atoms with Crippen LogP contribution in [0.15, 0.2) is 15.2 Å². The van der Waals surface area contributed by atoms with Crippen molar-refractivity contribution in [1.82, 2.24) is 4.90 Å². The Bertz CT molecular complexity index is 515. The molecule has 0 bridgehead atoms. The standard InChI is InChI=1S/C12H14BrF3N2O2/c1-6-4-9(13)20-10(6)11(19)18-5-7(17)2-3-8(18)12(14,15)16/h4,7-8H,2-3,5,17H2,1H3/t7-,8-/m1/s1. The summed E-state index contributed by atoms with van der Waals surface area (Å²) in [7, 11) is 0. The van der Waals surface area contributed by atoms with Crippen LogP contribution < -0.4 is 5.73 Å². The zero-order valence-corrected chi connectivity index (χ0v) is 12.3. The van der Waals surface area contributed by atoms with E-state index in [2.05, 4.69) is 15.9 Å². The maximum atomic E-state index is 13.0. The van der Waals surface area contributed by atoms with E-state index in [1.807, 2.05) is 0 Å². The molecule has 0 spiro atoms. The lowest BCUT2D eigenvalue weighted by molar-refractivity contribution is -0.184. The molecule has 1 aromatic rings. The fourth-order valence-corrected chi connectivity index (χ4v) is 2.86. The largest absolute Gasteiger partial charge is 0.444 e. The van der Waals surface area contributed by atoms with Crippen molar-refractivity contribution in [3.63, 3.8) is 0 Å². The second-order valence-corrected chi connectivity index (χ2v) is 5.70. The first-order valence-electron chi connectivity index (χ1n) is 6.09. The van der Waals surface area contributed by atoms with Crippen LogP contribution in [0.5, 0.6) is 0 Å². The predicted octanol–water partition coefficient (Wildman–Crippen LogP) is 2.84. The maximum Gasteiger partial charge on any atom is 0.408 e. The van der Waals surface area contributed by atoms with Crippen LogP contribution in [0, 0.1) is 6.92 Å². The topological polar surface area (TPSA) is 59.5 Å². The number of nitrogens with zero attached hydrogens (tertiary/aromatic N) is 1. The van der Waals surface area contributed by atoms with Gasteiger partial charge in [-0.25, -0.2) is 0 Å². The number of likely N-dealkylation sites (tertiary alicyclic amines) is 1. The quantitative estimate of drug-likeness (QED) is 0.843. The highest BCUT2D eigenvalue weighted by atomic mass is 79.9. The van der Waals surface area contributed by atoms with E-state index in [1.165, 1.54) is 0 Å². The van der Waals surface area contributed by atoms with Gasteiger partial charge in [0.15, 0.2) is 10.4 Å². The lowest BCUT2D eigenvalue weighted by atomic mass is 9.97. The van der Waals surface area contributed by atoms with Gasteiger partial charge in [0.1, 0.15) is 6.04 Å². The highest BCUT2D eigenvalue weighted by molar-refractivity contribution is 9.10. The van der Waals surface area contributed by atoms with Crippen molar-refractivity contribution in [1.29, 1.82) is 0 Å². The number of amides is 1. The van der Waals surface area contributed by atoms with E-state index in [1.54, 1.807) is 13.0 Å². The minimum absolute atomic E-state index is 0.0831. The molecule has 0 saturated carbocycles. The summed E-state index contributed by atoms with van der Waals surface area (Å²) >= 11 is 3.06. The van der Waals surface area contributed by atoms with Crippen LogP contribution in [0.3, 0.4) is 0 Å². The molecule has 2 N–H and O–H groups in total. The number of alkyl halides is 3. The van der Waals surface area contributed by atoms with Gasteiger partial charge in [0.05, 0.1) is 0 Å². The van der Waals surface area contributed by atoms with Crippen LogP contribution in [0.1, 0.15) is 29.0 Å². The fraction of sp³-hybridized carbons (Fsp3) is 0.583. The third-order valence-electron chi connectivity index (χ3n) is 3.34. The van der Waals surface area contributed by atoms with Gasteiger partial charge >= 0.3 is 6.18 Å². The van der Waals surface area contributed by atoms with Gasteiger partial charge < -0.3 is 15.1 Å². The molecule has 2 rings (SSSR count). The number of aryl methyl sites for hydroxylation is 1. The molecule has 0 aliphatic carbocycles. The zero-order valence-electron chi connectivity index (χ0n) is 10.7. The Balaban J connectivity index is 2.31. The van der Waals surface area contributed by atoms with Crippen LogP contribution in [0.2, 0.25) is 0 Å². The number of nitrogens with two attached hydrogens (primary N) is 1. The molecular formula is C12H14BrF3N2O2. The average molecular weight is 355 g/mol. The highest BCUT2D eigenvalue weighted by Gasteiger charge is 2.48. The summed E-state index contributed by atoms with van der Waals surface area (Å²) in [5.74, 6) is -0.856. The summed E-state index contributed by atoms with van der Waals surface area (Å²) < 4.78 is 44.5. The van der Waals surface area contributed by atoms with Gasteiger partial charge in [-0.05, 0) is 41.8 Å². The molecule has 1 fully saturated rings. The molecule has 112 valence electrons. The van der Waals surface area contributed by atoms with Gasteiger partial charge in [0, 0.05) is 18.2 Å². The second kappa shape index (κ2) is 5.40. The molecule has 2 heterocycles. The van der Waals surface area contributed by atoms with Crippen molar-refractivity contribution < 1.29 is 22.4 Å². The van der Waals surface area contributed by atoms with E-state index in [4.69, 9.17) is 10.2 Å². The van der Waals surface area contributed by atoms with Crippen LogP contribution in [-0.2, 0) is 0 Å². The summed E-state index contributed by atoms with van der Waals surface area (Å²) in [6, 6.07) is -0.714. The van der Waals surface area contributed by atoms with Crippen LogP contribution in [-0.4, -0.2) is 35.6 Å². The first-order valence-corrected chi connectivity index (χ1v) is 6.88. The Kier molecular flexibility index (Phi) is 4.15. The van der Waals surface area contributed by atoms with Gasteiger partial charge in [0.2, 0.25) is 0 Å². The summed E-state index contributed by atoms with van der Waals surface area (Å²) in [5, 5.41) is 0. The van der Waals surface area contributed by atoms with Crippen molar-refractivity contribution in [2.24, 2.45) is 5.73 Å². The molecule has 8 heteroatoms. The third-order valence-corrected chi connectivity index (χ3v) is 3.73. The molecule has 1 aliphatic rings. The summed E-state index contributed by atoms with van der Waals surface area (Å²) in [6.07, 6.45) is -4.40. The van der Waals surface area contributed by atoms with Gasteiger partial charge in [0.25, 0.3) is 5.91 Å². The van der Waals surface area contributed by atoms with Crippen LogP contribution in [0.4, 0.5) is 13.2 Å². The number of hydrogen-bond acceptors (Lipinski definition) is 3. The smallest absolute Gasteiger partial charge is 0.408 e. The predicted molar refractivity (Wildman–Crippen MR) is 69.2 cm³/mol. The van der Waals surface area contributed by atoms with Gasteiger partial charge in [-0.3, -0.25) is 4.79 Å². The fourth-order valence-electron chi connectivity index (χ4n) is 2.35. The normalized spacial score (nSPS) is 24.0. The average Bonchev–Trinajstić information content (AvgIpc) is 2.65. The Morgan fingerprint density at radius 3 is 2.65 bits per heavy atom. The molecule has 20 heavy (non-hydrogen) atoms. The van der Waals surface area contributed by atoms with E-state index < -0.39 is 24.2 Å². The summed E-state index contributed by atoms with van der Waals surface area (Å²) in [6.45, 7) is 1.48. The summed E-state index contributed by atoms with van der Waals surface area (Å²) in [4.78, 5) is 13.1. The Morgan fingerprint density at radius 2 is 2.15 bits per heavy atom. The molecule has 0 radical (unpaired) electrons. The van der Waals surface area contributed by atoms with Gasteiger partial charge in [-0.2, -0.15) is 13.2 Å². The molecule has 0 aromatic carbocycles. The Morgan fingerprint density at radius 1 is 1.50 bits per heavy atom. The number of hydrogen-bond donors (Lipinski definition) is 1. The number of carbonyl (C=O) groups is 1. The molecule has 1 aliphatic heterocycles. The van der Waals surface area contributed by atoms with E-state index in [-0.39, 0.29) is 25.1 Å². The van der Waals surface area contributed by atoms with Crippen molar-refractivity contribution in [2.75, 3.05) is 6.54 Å². The first kappa shape index (κ1) is 15.4. The number of carbonyl (C=O) groups excluding carboxylic acids is 1. The van der Waals surface area contributed by atoms with E-state index in [0.29, 0.717) is 10.2 Å². The first-order chi connectivity index (χ1) is 9.20. The molecule has 1 amide bonds. The van der Waals surface area contributed by atoms with E-state index in [0.717, 1.165) is 4.90 Å². The van der Waals surface area contributed by atoms with Crippen LogP contribution in [0.25, 0.3) is 0 Å². The zero-order chi connectivity index (χ0) is 15.1. The minimum Gasteiger partial charge on any atom is -0.444 e. The van der Waals surface area contributed by atoms with Gasteiger partial charge in [-0.15, -0.1) is 0 Å². The lowest BCUT2D eigenvalue weighted by Gasteiger charge is -2.38.